The van der Waals surface area contributed by atoms with Gasteiger partial charge >= 0.3 is 5.69 Å². The summed E-state index contributed by atoms with van der Waals surface area (Å²) in [4.78, 5) is 38.7. The molecule has 3 heterocycles. The molecule has 0 radical (unpaired) electrons. The van der Waals surface area contributed by atoms with E-state index in [9.17, 15) is 14.9 Å². The number of nitrogens with zero attached hydrogens (tertiary/aromatic N) is 5. The van der Waals surface area contributed by atoms with E-state index in [2.05, 4.69) is 36.1 Å². The van der Waals surface area contributed by atoms with Crippen LogP contribution in [0, 0.1) is 17.0 Å². The number of hydrogen-bond acceptors (Lipinski definition) is 9. The molecule has 0 unspecified atom stereocenters. The molecule has 1 amide bonds. The zero-order valence-corrected chi connectivity index (χ0v) is 14.1. The number of anilines is 3. The Morgan fingerprint density at radius 1 is 1.00 bits per heavy atom. The summed E-state index contributed by atoms with van der Waals surface area (Å²) in [5, 5.41) is 14.3. The Morgan fingerprint density at radius 2 is 1.78 bits per heavy atom. The van der Waals surface area contributed by atoms with Gasteiger partial charge in [-0.15, -0.1) is 0 Å². The van der Waals surface area contributed by atoms with Crippen LogP contribution in [-0.2, 0) is 0 Å². The van der Waals surface area contributed by atoms with Crippen molar-refractivity contribution < 1.29 is 9.72 Å². The van der Waals surface area contributed by atoms with Gasteiger partial charge in [0.05, 0.1) is 4.92 Å². The highest BCUT2D eigenvalue weighted by molar-refractivity contribution is 5.93. The molecule has 3 aromatic rings. The smallest absolute Gasteiger partial charge is 0.319 e. The van der Waals surface area contributed by atoms with Crippen LogP contribution in [0.2, 0.25) is 0 Å². The van der Waals surface area contributed by atoms with Crippen LogP contribution in [0.15, 0.2) is 49.1 Å². The summed E-state index contributed by atoms with van der Waals surface area (Å²) in [6.07, 6.45) is 4.14. The van der Waals surface area contributed by atoms with Gasteiger partial charge in [0.25, 0.3) is 5.91 Å². The van der Waals surface area contributed by atoms with E-state index in [4.69, 9.17) is 0 Å². The van der Waals surface area contributed by atoms with Crippen molar-refractivity contribution in [3.05, 3.63) is 70.4 Å². The van der Waals surface area contributed by atoms with Crippen LogP contribution < -0.4 is 16.2 Å². The molecule has 0 aliphatic heterocycles. The molecule has 0 aliphatic carbocycles. The Labute approximate surface area is 153 Å². The molecule has 0 saturated heterocycles. The highest BCUT2D eigenvalue weighted by Crippen LogP contribution is 2.30. The fourth-order valence-electron chi connectivity index (χ4n) is 2.14. The number of nitro groups is 1. The van der Waals surface area contributed by atoms with E-state index in [-0.39, 0.29) is 17.3 Å². The Kier molecular flexibility index (Phi) is 5.12. The van der Waals surface area contributed by atoms with Gasteiger partial charge in [-0.25, -0.2) is 15.0 Å². The topological polar surface area (TPSA) is 148 Å². The predicted octanol–water partition coefficient (Wildman–Crippen LogP) is 1.98. The van der Waals surface area contributed by atoms with Crippen LogP contribution in [-0.4, -0.2) is 30.8 Å². The molecule has 0 saturated carbocycles. The number of hydrogen-bond donors (Lipinski definition) is 3. The first-order valence-corrected chi connectivity index (χ1v) is 7.71. The predicted molar refractivity (Wildman–Crippen MR) is 96.3 cm³/mol. The Bertz CT molecular complexity index is 980. The van der Waals surface area contributed by atoms with E-state index < -0.39 is 16.5 Å². The van der Waals surface area contributed by atoms with Crippen molar-refractivity contribution in [3.63, 3.8) is 0 Å². The summed E-state index contributed by atoms with van der Waals surface area (Å²) in [5.74, 6) is -0.400. The fraction of sp³-hybridized carbons (Fsp3) is 0.0625. The lowest BCUT2D eigenvalue weighted by atomic mass is 10.3. The quantitative estimate of drug-likeness (QED) is 0.440. The average molecular weight is 366 g/mol. The summed E-state index contributed by atoms with van der Waals surface area (Å²) in [6, 6.07) is 8.36. The van der Waals surface area contributed by atoms with Crippen LogP contribution >= 0.6 is 0 Å². The molecule has 3 aromatic heterocycles. The number of carbonyl (C=O) groups excluding carboxylic acids is 1. The monoisotopic (exact) mass is 366 g/mol. The zero-order valence-electron chi connectivity index (χ0n) is 14.1. The summed E-state index contributed by atoms with van der Waals surface area (Å²) < 4.78 is 0. The second-order valence-electron chi connectivity index (χ2n) is 5.26. The Morgan fingerprint density at radius 3 is 2.48 bits per heavy atom. The van der Waals surface area contributed by atoms with Gasteiger partial charge in [-0.05, 0) is 30.7 Å². The lowest BCUT2D eigenvalue weighted by molar-refractivity contribution is -0.383. The van der Waals surface area contributed by atoms with Crippen LogP contribution in [0.5, 0.6) is 0 Å². The summed E-state index contributed by atoms with van der Waals surface area (Å²) in [7, 11) is 0. The number of amides is 1. The maximum atomic E-state index is 12.0. The first-order chi connectivity index (χ1) is 13.1. The maximum Gasteiger partial charge on any atom is 0.355 e. The number of pyridine rings is 2. The second-order valence-corrected chi connectivity index (χ2v) is 5.26. The summed E-state index contributed by atoms with van der Waals surface area (Å²) >= 11 is 0. The maximum absolute atomic E-state index is 12.0. The normalized spacial score (nSPS) is 10.1. The second kappa shape index (κ2) is 7.82. The van der Waals surface area contributed by atoms with Crippen molar-refractivity contribution in [2.75, 3.05) is 10.7 Å². The number of aryl methyl sites for hydroxylation is 1. The van der Waals surface area contributed by atoms with Gasteiger partial charge in [0.1, 0.15) is 17.8 Å². The van der Waals surface area contributed by atoms with Gasteiger partial charge in [0.15, 0.2) is 0 Å². The Balaban J connectivity index is 1.84. The first kappa shape index (κ1) is 17.7. The van der Waals surface area contributed by atoms with Crippen molar-refractivity contribution in [2.24, 2.45) is 0 Å². The third-order valence-corrected chi connectivity index (χ3v) is 3.44. The standard InChI is InChI=1S/C16H14N8O3/c1-10-5-4-8-18-13(10)21-14-12(24(26)27)15(20-9-19-14)22-23-16(25)11-6-2-3-7-17-11/h2-9H,1H3,(H,23,25)(H2,18,19,20,21,22). The average Bonchev–Trinajstić information content (AvgIpc) is 2.68. The largest absolute Gasteiger partial charge is 0.355 e. The minimum Gasteiger partial charge on any atom is -0.319 e. The van der Waals surface area contributed by atoms with Gasteiger partial charge in [0.2, 0.25) is 11.6 Å². The molecule has 0 bridgehead atoms. The molecule has 0 aliphatic rings. The van der Waals surface area contributed by atoms with Gasteiger partial charge in [-0.1, -0.05) is 12.1 Å². The van der Waals surface area contributed by atoms with E-state index in [1.807, 2.05) is 0 Å². The van der Waals surface area contributed by atoms with E-state index in [1.165, 1.54) is 12.3 Å². The third-order valence-electron chi connectivity index (χ3n) is 3.44. The minimum absolute atomic E-state index is 0.0635. The van der Waals surface area contributed by atoms with Crippen molar-refractivity contribution >= 4 is 29.0 Å². The summed E-state index contributed by atoms with van der Waals surface area (Å²) in [6.45, 7) is 1.80. The number of carbonyl (C=O) groups is 1. The molecule has 0 spiro atoms. The molecule has 136 valence electrons. The molecule has 0 fully saturated rings. The van der Waals surface area contributed by atoms with Crippen molar-refractivity contribution in [1.82, 2.24) is 25.4 Å². The van der Waals surface area contributed by atoms with Crippen LogP contribution in [0.4, 0.5) is 23.1 Å². The molecule has 11 nitrogen and oxygen atoms in total. The van der Waals surface area contributed by atoms with Gasteiger partial charge < -0.3 is 5.32 Å². The van der Waals surface area contributed by atoms with Gasteiger partial charge in [0, 0.05) is 12.4 Å². The van der Waals surface area contributed by atoms with Gasteiger partial charge in [-0.3, -0.25) is 30.7 Å². The molecule has 0 atom stereocenters. The van der Waals surface area contributed by atoms with E-state index >= 15 is 0 Å². The van der Waals surface area contributed by atoms with Crippen LogP contribution in [0.1, 0.15) is 16.1 Å². The number of hydrazine groups is 1. The SMILES string of the molecule is Cc1cccnc1Nc1ncnc(NNC(=O)c2ccccn2)c1[N+](=O)[O-]. The molecular weight excluding hydrogens is 352 g/mol. The van der Waals surface area contributed by atoms with Crippen LogP contribution in [0.3, 0.4) is 0 Å². The van der Waals surface area contributed by atoms with Gasteiger partial charge in [-0.2, -0.15) is 0 Å². The molecule has 3 N–H and O–H groups in total. The lowest BCUT2D eigenvalue weighted by Gasteiger charge is -2.11. The zero-order chi connectivity index (χ0) is 19.2. The third kappa shape index (κ3) is 4.10. The van der Waals surface area contributed by atoms with Crippen molar-refractivity contribution in [3.8, 4) is 0 Å². The number of nitrogens with one attached hydrogen (secondary N) is 3. The van der Waals surface area contributed by atoms with Crippen molar-refractivity contribution in [2.45, 2.75) is 6.92 Å². The first-order valence-electron chi connectivity index (χ1n) is 7.71. The molecule has 11 heteroatoms. The van der Waals surface area contributed by atoms with E-state index in [0.29, 0.717) is 5.82 Å². The molecule has 27 heavy (non-hydrogen) atoms. The number of aromatic nitrogens is 4. The highest BCUT2D eigenvalue weighted by atomic mass is 16.6. The molecular formula is C16H14N8O3. The van der Waals surface area contributed by atoms with E-state index in [1.54, 1.807) is 37.4 Å². The molecule has 3 rings (SSSR count). The van der Waals surface area contributed by atoms with E-state index in [0.717, 1.165) is 11.9 Å². The fourth-order valence-corrected chi connectivity index (χ4v) is 2.14. The lowest BCUT2D eigenvalue weighted by Crippen LogP contribution is -2.31. The minimum atomic E-state index is -0.657. The van der Waals surface area contributed by atoms with Crippen molar-refractivity contribution in [1.29, 1.82) is 0 Å². The Hall–Kier alpha value is -4.15. The molecule has 0 aromatic carbocycles. The highest BCUT2D eigenvalue weighted by Gasteiger charge is 2.24. The summed E-state index contributed by atoms with van der Waals surface area (Å²) in [5.41, 5.74) is 5.25. The number of rotatable bonds is 6. The van der Waals surface area contributed by atoms with Crippen LogP contribution in [0.25, 0.3) is 0 Å².